The van der Waals surface area contributed by atoms with Crippen molar-refractivity contribution in [3.8, 4) is 0 Å². The summed E-state index contributed by atoms with van der Waals surface area (Å²) >= 11 is 0. The van der Waals surface area contributed by atoms with Gasteiger partial charge in [0.25, 0.3) is 0 Å². The summed E-state index contributed by atoms with van der Waals surface area (Å²) in [6.45, 7) is 6.71. The van der Waals surface area contributed by atoms with Gasteiger partial charge in [-0.25, -0.2) is 8.42 Å². The van der Waals surface area contributed by atoms with Crippen LogP contribution in [0, 0.1) is 0 Å². The van der Waals surface area contributed by atoms with Crippen LogP contribution in [0.5, 0.6) is 0 Å². The Morgan fingerprint density at radius 1 is 1.19 bits per heavy atom. The Morgan fingerprint density at radius 3 is 2.00 bits per heavy atom. The van der Waals surface area contributed by atoms with Crippen molar-refractivity contribution in [2.24, 2.45) is 0 Å². The lowest BCUT2D eigenvalue weighted by Crippen LogP contribution is -2.28. The van der Waals surface area contributed by atoms with Gasteiger partial charge in [0.1, 0.15) is 5.37 Å². The van der Waals surface area contributed by atoms with E-state index in [1.807, 2.05) is 0 Å². The molecule has 16 heavy (non-hydrogen) atoms. The zero-order valence-corrected chi connectivity index (χ0v) is 11.6. The molecule has 0 aromatic carbocycles. The highest BCUT2D eigenvalue weighted by Gasteiger charge is 2.39. The van der Waals surface area contributed by atoms with Gasteiger partial charge in [0.2, 0.25) is 0 Å². The third-order valence-electron chi connectivity index (χ3n) is 2.41. The van der Waals surface area contributed by atoms with Gasteiger partial charge in [0.05, 0.1) is 5.75 Å². The molecule has 0 radical (unpaired) electrons. The summed E-state index contributed by atoms with van der Waals surface area (Å²) in [6.07, 6.45) is 0.888. The van der Waals surface area contributed by atoms with Crippen LogP contribution in [0.4, 0.5) is 0 Å². The van der Waals surface area contributed by atoms with Crippen molar-refractivity contribution in [1.29, 1.82) is 0 Å². The quantitative estimate of drug-likeness (QED) is 0.722. The normalized spacial score (nSPS) is 27.4. The third kappa shape index (κ3) is 2.75. The Labute approximate surface area is 96.8 Å². The molecule has 0 amide bonds. The Balaban J connectivity index is 3.11. The first-order chi connectivity index (χ1) is 7.44. The van der Waals surface area contributed by atoms with E-state index < -0.39 is 31.1 Å². The topological polar surface area (TPSA) is 71.5 Å². The smallest absolute Gasteiger partial charge is 0.167 e. The Morgan fingerprint density at radius 2 is 1.69 bits per heavy atom. The Bertz CT molecular complexity index is 425. The highest BCUT2D eigenvalue weighted by atomic mass is 32.2. The van der Waals surface area contributed by atoms with Crippen LogP contribution < -0.4 is 0 Å². The fraction of sp³-hybridized carbons (Fsp3) is 0.500. The van der Waals surface area contributed by atoms with E-state index in [4.69, 9.17) is 0 Å². The molecule has 0 N–H and O–H groups in total. The van der Waals surface area contributed by atoms with Crippen LogP contribution in [0.25, 0.3) is 0 Å². The van der Waals surface area contributed by atoms with Gasteiger partial charge in [-0.3, -0.25) is 0 Å². The van der Waals surface area contributed by atoms with Gasteiger partial charge in [-0.05, 0) is 24.5 Å². The molecule has 5 nitrogen and oxygen atoms in total. The average Bonchev–Trinajstić information content (AvgIpc) is 2.58. The summed E-state index contributed by atoms with van der Waals surface area (Å²) in [5.74, 6) is 2.38. The van der Waals surface area contributed by atoms with Gasteiger partial charge < -0.3 is 9.13 Å². The molecule has 1 rings (SSSR count). The van der Waals surface area contributed by atoms with E-state index in [-0.39, 0.29) is 5.75 Å². The van der Waals surface area contributed by atoms with Gasteiger partial charge >= 0.3 is 0 Å². The zero-order valence-electron chi connectivity index (χ0n) is 8.76. The monoisotopic (exact) mass is 283 g/mol. The summed E-state index contributed by atoms with van der Waals surface area (Å²) in [5.41, 5.74) is 0. The zero-order chi connectivity index (χ0) is 12.3. The molecule has 1 heterocycles. The number of sulfone groups is 1. The van der Waals surface area contributed by atoms with Crippen molar-refractivity contribution in [1.82, 2.24) is 4.44 Å². The third-order valence-corrected chi connectivity index (χ3v) is 8.51. The van der Waals surface area contributed by atoms with Gasteiger partial charge in [-0.1, -0.05) is 13.2 Å². The molecule has 0 bridgehead atoms. The summed E-state index contributed by atoms with van der Waals surface area (Å²) < 4.78 is 47.8. The number of hydrogen-bond acceptors (Lipinski definition) is 4. The second-order valence-corrected chi connectivity index (χ2v) is 9.28. The molecule has 1 fully saturated rings. The van der Waals surface area contributed by atoms with E-state index >= 15 is 0 Å². The van der Waals surface area contributed by atoms with Gasteiger partial charge in [0.15, 0.2) is 25.7 Å². The summed E-state index contributed by atoms with van der Waals surface area (Å²) in [4.78, 5) is 0. The number of nitrogens with zero attached hydrogens (tertiary/aromatic N) is 1. The molecule has 1 aliphatic heterocycles. The molecule has 8 heteroatoms. The van der Waals surface area contributed by atoms with E-state index in [1.165, 1.54) is 0 Å². The minimum Gasteiger partial charge on any atom is -0.305 e. The van der Waals surface area contributed by atoms with Crippen molar-refractivity contribution < 1.29 is 17.5 Å². The first kappa shape index (κ1) is 13.9. The second kappa shape index (κ2) is 5.46. The first-order valence-corrected chi connectivity index (χ1v) is 9.35. The van der Waals surface area contributed by atoms with E-state index in [1.54, 1.807) is 0 Å². The van der Waals surface area contributed by atoms with Crippen LogP contribution in [0.1, 0.15) is 12.8 Å². The number of rotatable bonds is 5. The highest BCUT2D eigenvalue weighted by Crippen LogP contribution is 2.49. The maximum Gasteiger partial charge on any atom is 0.167 e. The van der Waals surface area contributed by atoms with Crippen LogP contribution in [-0.2, 0) is 19.0 Å². The maximum atomic E-state index is 11.7. The van der Waals surface area contributed by atoms with Crippen LogP contribution in [0.2, 0.25) is 0 Å². The van der Waals surface area contributed by atoms with Crippen molar-refractivity contribution in [3.05, 3.63) is 24.8 Å². The lowest BCUT2D eigenvalue weighted by Gasteiger charge is -2.23. The van der Waals surface area contributed by atoms with Gasteiger partial charge in [0, 0.05) is 0 Å². The SMILES string of the molecule is C=C[PH](=O)N(C1CCCS1(=O)=O)[PH](=O)C=C. The Kier molecular flexibility index (Phi) is 4.74. The van der Waals surface area contributed by atoms with Crippen LogP contribution in [-0.4, -0.2) is 24.0 Å². The molecule has 3 atom stereocenters. The van der Waals surface area contributed by atoms with E-state index in [9.17, 15) is 17.5 Å². The minimum absolute atomic E-state index is 0.0622. The average molecular weight is 283 g/mol. The largest absolute Gasteiger partial charge is 0.305 e. The summed E-state index contributed by atoms with van der Waals surface area (Å²) in [7, 11) is -8.32. The second-order valence-electron chi connectivity index (χ2n) is 3.42. The van der Waals surface area contributed by atoms with Crippen LogP contribution in [0.15, 0.2) is 24.8 Å². The van der Waals surface area contributed by atoms with Crippen molar-refractivity contribution in [2.75, 3.05) is 5.75 Å². The van der Waals surface area contributed by atoms with Crippen LogP contribution >= 0.6 is 15.9 Å². The molecular weight excluding hydrogens is 268 g/mol. The molecule has 0 aliphatic carbocycles. The summed E-state index contributed by atoms with van der Waals surface area (Å²) in [6, 6.07) is 0. The van der Waals surface area contributed by atoms with E-state index in [0.29, 0.717) is 12.8 Å². The standard InChI is InChI=1S/C8H15NO4P2S/c1-3-14(10)9(15(11)4-2)8-6-5-7-16(8,12)13/h3-4,8,14-15H,1-2,5-7H2. The van der Waals surface area contributed by atoms with Gasteiger partial charge in [-0.2, -0.15) is 4.44 Å². The van der Waals surface area contributed by atoms with E-state index in [2.05, 4.69) is 13.2 Å². The highest BCUT2D eigenvalue weighted by molar-refractivity contribution is 7.92. The lowest BCUT2D eigenvalue weighted by molar-refractivity contribution is 0.492. The Hall–Kier alpha value is -0.150. The molecule has 92 valence electrons. The predicted octanol–water partition coefficient (Wildman–Crippen LogP) is 2.06. The maximum absolute atomic E-state index is 11.7. The van der Waals surface area contributed by atoms with E-state index in [0.717, 1.165) is 16.1 Å². The van der Waals surface area contributed by atoms with Gasteiger partial charge in [-0.15, -0.1) is 0 Å². The molecular formula is C8H15NO4P2S. The molecule has 1 saturated heterocycles. The van der Waals surface area contributed by atoms with Crippen molar-refractivity contribution in [3.63, 3.8) is 0 Å². The van der Waals surface area contributed by atoms with Crippen molar-refractivity contribution >= 4 is 25.7 Å². The van der Waals surface area contributed by atoms with Crippen molar-refractivity contribution in [2.45, 2.75) is 18.2 Å². The lowest BCUT2D eigenvalue weighted by atomic mass is 10.3. The fourth-order valence-electron chi connectivity index (χ4n) is 1.65. The first-order valence-electron chi connectivity index (χ1n) is 4.77. The minimum atomic E-state index is -3.32. The molecule has 0 spiro atoms. The molecule has 3 unspecified atom stereocenters. The molecule has 0 aromatic rings. The fourth-order valence-corrected chi connectivity index (χ4v) is 7.56. The van der Waals surface area contributed by atoms with Crippen LogP contribution in [0.3, 0.4) is 0 Å². The number of hydrogen-bond donors (Lipinski definition) is 0. The molecule has 0 saturated carbocycles. The summed E-state index contributed by atoms with van der Waals surface area (Å²) in [5, 5.41) is -0.902. The molecule has 1 aliphatic rings. The predicted molar refractivity (Wildman–Crippen MR) is 67.0 cm³/mol. The molecule has 0 aromatic heterocycles.